The molecule has 26 heavy (non-hydrogen) atoms. The number of rotatable bonds is 4. The van der Waals surface area contributed by atoms with Crippen molar-refractivity contribution in [2.75, 3.05) is 13.6 Å². The third kappa shape index (κ3) is 4.12. The number of hydrogen-bond donors (Lipinski definition) is 0. The summed E-state index contributed by atoms with van der Waals surface area (Å²) in [5.41, 5.74) is 2.44. The molecule has 2 atom stereocenters. The number of carbonyl (C=O) groups is 1. The molecule has 0 N–H and O–H groups in total. The smallest absolute Gasteiger partial charge is 0.253 e. The number of benzene rings is 2. The van der Waals surface area contributed by atoms with E-state index in [0.29, 0.717) is 17.2 Å². The first kappa shape index (κ1) is 18.2. The summed E-state index contributed by atoms with van der Waals surface area (Å²) in [4.78, 5) is 17.1. The van der Waals surface area contributed by atoms with Gasteiger partial charge in [-0.25, -0.2) is 0 Å². The molecule has 1 aliphatic heterocycles. The Balaban J connectivity index is 1.62. The molecule has 0 unspecified atom stereocenters. The minimum atomic E-state index is -0.00388. The summed E-state index contributed by atoms with van der Waals surface area (Å²) >= 11 is 0. The van der Waals surface area contributed by atoms with Crippen molar-refractivity contribution in [3.05, 3.63) is 71.3 Å². The average molecular weight is 347 g/mol. The van der Waals surface area contributed by atoms with Gasteiger partial charge in [0.15, 0.2) is 0 Å². The summed E-state index contributed by atoms with van der Waals surface area (Å²) in [5, 5.41) is 9.04. The first-order chi connectivity index (χ1) is 12.6. The second-order valence-electron chi connectivity index (χ2n) is 7.09. The molecule has 1 fully saturated rings. The molecular formula is C22H25N3O. The fourth-order valence-electron chi connectivity index (χ4n) is 3.69. The summed E-state index contributed by atoms with van der Waals surface area (Å²) in [5.74, 6) is -0.00388. The van der Waals surface area contributed by atoms with Crippen LogP contribution >= 0.6 is 0 Å². The first-order valence-corrected chi connectivity index (χ1v) is 9.14. The monoisotopic (exact) mass is 347 g/mol. The lowest BCUT2D eigenvalue weighted by Gasteiger charge is -2.41. The van der Waals surface area contributed by atoms with E-state index >= 15 is 0 Å². The van der Waals surface area contributed by atoms with E-state index in [1.807, 2.05) is 18.0 Å². The molecule has 0 bridgehead atoms. The van der Waals surface area contributed by atoms with Crippen molar-refractivity contribution >= 4 is 5.91 Å². The molecule has 1 heterocycles. The van der Waals surface area contributed by atoms with Gasteiger partial charge in [0.1, 0.15) is 0 Å². The normalized spacial score (nSPS) is 20.3. The number of likely N-dealkylation sites (tertiary alicyclic amines) is 1. The van der Waals surface area contributed by atoms with Crippen molar-refractivity contribution in [2.45, 2.75) is 38.4 Å². The van der Waals surface area contributed by atoms with E-state index in [1.54, 1.807) is 24.3 Å². The van der Waals surface area contributed by atoms with E-state index in [0.717, 1.165) is 25.9 Å². The van der Waals surface area contributed by atoms with Crippen LogP contribution < -0.4 is 0 Å². The third-order valence-electron chi connectivity index (χ3n) is 5.32. The summed E-state index contributed by atoms with van der Waals surface area (Å²) in [6.07, 6.45) is 1.93. The highest BCUT2D eigenvalue weighted by Crippen LogP contribution is 2.24. The van der Waals surface area contributed by atoms with Gasteiger partial charge in [-0.1, -0.05) is 36.4 Å². The Bertz CT molecular complexity index is 797. The maximum atomic E-state index is 12.8. The molecular weight excluding hydrogens is 322 g/mol. The molecule has 0 saturated carbocycles. The zero-order chi connectivity index (χ0) is 18.5. The number of amides is 1. The minimum Gasteiger partial charge on any atom is -0.339 e. The van der Waals surface area contributed by atoms with E-state index in [1.165, 1.54) is 5.56 Å². The van der Waals surface area contributed by atoms with Gasteiger partial charge in [-0.3, -0.25) is 9.69 Å². The quantitative estimate of drug-likeness (QED) is 0.847. The van der Waals surface area contributed by atoms with Gasteiger partial charge in [-0.2, -0.15) is 5.26 Å². The van der Waals surface area contributed by atoms with E-state index in [9.17, 15) is 4.79 Å². The minimum absolute atomic E-state index is 0.00388. The fourth-order valence-corrected chi connectivity index (χ4v) is 3.69. The van der Waals surface area contributed by atoms with Gasteiger partial charge in [0.2, 0.25) is 0 Å². The zero-order valence-corrected chi connectivity index (χ0v) is 15.4. The largest absolute Gasteiger partial charge is 0.339 e. The maximum absolute atomic E-state index is 12.8. The van der Waals surface area contributed by atoms with E-state index in [-0.39, 0.29) is 11.9 Å². The molecule has 1 saturated heterocycles. The average Bonchev–Trinajstić information content (AvgIpc) is 2.69. The van der Waals surface area contributed by atoms with E-state index in [2.05, 4.69) is 42.2 Å². The van der Waals surface area contributed by atoms with Gasteiger partial charge in [0.05, 0.1) is 11.6 Å². The summed E-state index contributed by atoms with van der Waals surface area (Å²) in [6.45, 7) is 4.18. The van der Waals surface area contributed by atoms with Crippen molar-refractivity contribution in [1.82, 2.24) is 9.80 Å². The summed E-state index contributed by atoms with van der Waals surface area (Å²) < 4.78 is 0. The predicted molar refractivity (Wildman–Crippen MR) is 103 cm³/mol. The molecule has 1 aliphatic rings. The van der Waals surface area contributed by atoms with Crippen LogP contribution in [0.25, 0.3) is 0 Å². The molecule has 134 valence electrons. The molecule has 0 aromatic heterocycles. The van der Waals surface area contributed by atoms with Gasteiger partial charge in [-0.05, 0) is 43.5 Å². The Morgan fingerprint density at radius 3 is 2.69 bits per heavy atom. The zero-order valence-electron chi connectivity index (χ0n) is 15.4. The number of piperidine rings is 1. The van der Waals surface area contributed by atoms with Crippen molar-refractivity contribution in [2.24, 2.45) is 0 Å². The Morgan fingerprint density at radius 2 is 2.00 bits per heavy atom. The van der Waals surface area contributed by atoms with Crippen molar-refractivity contribution < 1.29 is 4.79 Å². The summed E-state index contributed by atoms with van der Waals surface area (Å²) in [7, 11) is 1.88. The van der Waals surface area contributed by atoms with Crippen LogP contribution in [-0.4, -0.2) is 41.4 Å². The van der Waals surface area contributed by atoms with Gasteiger partial charge >= 0.3 is 0 Å². The van der Waals surface area contributed by atoms with Crippen molar-refractivity contribution in [1.29, 1.82) is 5.26 Å². The highest BCUT2D eigenvalue weighted by molar-refractivity contribution is 5.94. The molecule has 1 amide bonds. The maximum Gasteiger partial charge on any atom is 0.253 e. The first-order valence-electron chi connectivity index (χ1n) is 9.14. The van der Waals surface area contributed by atoms with Gasteiger partial charge in [0.25, 0.3) is 5.91 Å². The number of nitrogens with zero attached hydrogens (tertiary/aromatic N) is 3. The second-order valence-corrected chi connectivity index (χ2v) is 7.09. The highest BCUT2D eigenvalue weighted by Gasteiger charge is 2.30. The topological polar surface area (TPSA) is 47.3 Å². The fraction of sp³-hybridized carbons (Fsp3) is 0.364. The van der Waals surface area contributed by atoms with Gasteiger partial charge < -0.3 is 4.90 Å². The van der Waals surface area contributed by atoms with Crippen LogP contribution in [0, 0.1) is 11.3 Å². The van der Waals surface area contributed by atoms with Crippen LogP contribution in [0.2, 0.25) is 0 Å². The molecule has 4 nitrogen and oxygen atoms in total. The van der Waals surface area contributed by atoms with Crippen LogP contribution in [0.1, 0.15) is 41.3 Å². The standard InChI is InChI=1S/C22H25N3O/c1-17-13-21(11-12-25(17)16-18-7-4-3-5-8-18)24(2)22(26)20-10-6-9-19(14-20)15-23/h3-10,14,17,21H,11-13,16H2,1-2H3/t17-,21+/m0/s1. The molecule has 3 rings (SSSR count). The highest BCUT2D eigenvalue weighted by atomic mass is 16.2. The Kier molecular flexibility index (Phi) is 5.70. The van der Waals surface area contributed by atoms with Crippen LogP contribution in [0.5, 0.6) is 0 Å². The molecule has 2 aromatic carbocycles. The third-order valence-corrected chi connectivity index (χ3v) is 5.32. The van der Waals surface area contributed by atoms with Crippen LogP contribution in [-0.2, 0) is 6.54 Å². The Hall–Kier alpha value is -2.64. The lowest BCUT2D eigenvalue weighted by molar-refractivity contribution is 0.0538. The molecule has 0 spiro atoms. The molecule has 4 heteroatoms. The Labute approximate surface area is 155 Å². The van der Waals surface area contributed by atoms with E-state index < -0.39 is 0 Å². The lowest BCUT2D eigenvalue weighted by Crippen LogP contribution is -2.49. The molecule has 0 aliphatic carbocycles. The van der Waals surface area contributed by atoms with Gasteiger partial charge in [0, 0.05) is 37.8 Å². The van der Waals surface area contributed by atoms with Crippen LogP contribution in [0.3, 0.4) is 0 Å². The van der Waals surface area contributed by atoms with E-state index in [4.69, 9.17) is 5.26 Å². The van der Waals surface area contributed by atoms with Crippen molar-refractivity contribution in [3.8, 4) is 6.07 Å². The van der Waals surface area contributed by atoms with Gasteiger partial charge in [-0.15, -0.1) is 0 Å². The van der Waals surface area contributed by atoms with Crippen molar-refractivity contribution in [3.63, 3.8) is 0 Å². The molecule has 2 aromatic rings. The summed E-state index contributed by atoms with van der Waals surface area (Å²) in [6, 6.07) is 20.2. The number of carbonyl (C=O) groups excluding carboxylic acids is 1. The number of nitriles is 1. The van der Waals surface area contributed by atoms with Crippen LogP contribution in [0.4, 0.5) is 0 Å². The second kappa shape index (κ2) is 8.16. The molecule has 0 radical (unpaired) electrons. The Morgan fingerprint density at radius 1 is 1.23 bits per heavy atom. The lowest BCUT2D eigenvalue weighted by atomic mass is 9.96. The number of hydrogen-bond acceptors (Lipinski definition) is 3. The predicted octanol–water partition coefficient (Wildman–Crippen LogP) is 3.68. The van der Waals surface area contributed by atoms with Crippen LogP contribution in [0.15, 0.2) is 54.6 Å². The SMILES string of the molecule is C[C@H]1C[C@H](N(C)C(=O)c2cccc(C#N)c2)CCN1Cc1ccccc1.